The van der Waals surface area contributed by atoms with Crippen molar-refractivity contribution in [2.45, 2.75) is 25.3 Å². The molecule has 0 radical (unpaired) electrons. The van der Waals surface area contributed by atoms with E-state index in [1.54, 1.807) is 12.1 Å². The van der Waals surface area contributed by atoms with Gasteiger partial charge in [0.1, 0.15) is 0 Å². The highest BCUT2D eigenvalue weighted by molar-refractivity contribution is 6.22. The van der Waals surface area contributed by atoms with Crippen LogP contribution >= 0.6 is 0 Å². The van der Waals surface area contributed by atoms with Gasteiger partial charge in [0, 0.05) is 11.7 Å². The molecule has 0 spiro atoms. The summed E-state index contributed by atoms with van der Waals surface area (Å²) in [6.45, 7) is 0. The standard InChI is InChI=1S/C14H15N3O3/c15-11-3-1-2-9(11)13(19)16-7-4-5-8-10(6-7)14(20)17-12(8)18/h4-6,9,11H,1-3,15H2,(H,16,19)(H,17,18,20). The van der Waals surface area contributed by atoms with E-state index in [9.17, 15) is 14.4 Å². The molecule has 104 valence electrons. The number of nitrogens with two attached hydrogens (primary N) is 1. The smallest absolute Gasteiger partial charge is 0.259 e. The van der Waals surface area contributed by atoms with Crippen molar-refractivity contribution in [3.63, 3.8) is 0 Å². The fourth-order valence-corrected chi connectivity index (χ4v) is 2.79. The van der Waals surface area contributed by atoms with Crippen LogP contribution in [-0.4, -0.2) is 23.8 Å². The first-order valence-electron chi connectivity index (χ1n) is 6.62. The van der Waals surface area contributed by atoms with Gasteiger partial charge >= 0.3 is 0 Å². The van der Waals surface area contributed by atoms with E-state index in [1.807, 2.05) is 0 Å². The lowest BCUT2D eigenvalue weighted by Crippen LogP contribution is -2.34. The summed E-state index contributed by atoms with van der Waals surface area (Å²) in [6.07, 6.45) is 2.61. The summed E-state index contributed by atoms with van der Waals surface area (Å²) in [5.74, 6) is -1.14. The van der Waals surface area contributed by atoms with Gasteiger partial charge in [0.25, 0.3) is 11.8 Å². The molecule has 2 unspecified atom stereocenters. The number of amides is 3. The number of carbonyl (C=O) groups excluding carboxylic acids is 3. The molecule has 1 heterocycles. The maximum Gasteiger partial charge on any atom is 0.259 e. The number of carbonyl (C=O) groups is 3. The zero-order valence-corrected chi connectivity index (χ0v) is 10.8. The minimum atomic E-state index is -0.432. The van der Waals surface area contributed by atoms with E-state index in [0.717, 1.165) is 19.3 Å². The van der Waals surface area contributed by atoms with Crippen LogP contribution in [0.15, 0.2) is 18.2 Å². The number of hydrogen-bond donors (Lipinski definition) is 3. The Morgan fingerprint density at radius 1 is 1.20 bits per heavy atom. The van der Waals surface area contributed by atoms with Gasteiger partial charge in [0.05, 0.1) is 17.0 Å². The number of benzene rings is 1. The van der Waals surface area contributed by atoms with Crippen molar-refractivity contribution in [2.24, 2.45) is 11.7 Å². The van der Waals surface area contributed by atoms with E-state index < -0.39 is 11.8 Å². The molecule has 6 nitrogen and oxygen atoms in total. The Hall–Kier alpha value is -2.21. The van der Waals surface area contributed by atoms with Crippen LogP contribution in [0.1, 0.15) is 40.0 Å². The summed E-state index contributed by atoms with van der Waals surface area (Å²) in [5.41, 5.74) is 7.04. The van der Waals surface area contributed by atoms with Gasteiger partial charge in [0.15, 0.2) is 0 Å². The Kier molecular flexibility index (Phi) is 3.02. The minimum Gasteiger partial charge on any atom is -0.327 e. The van der Waals surface area contributed by atoms with Gasteiger partial charge in [0.2, 0.25) is 5.91 Å². The van der Waals surface area contributed by atoms with Crippen LogP contribution in [0.4, 0.5) is 5.69 Å². The van der Waals surface area contributed by atoms with E-state index in [0.29, 0.717) is 16.8 Å². The Bertz CT molecular complexity index is 612. The predicted octanol–water partition coefficient (Wildman–Crippen LogP) is 0.636. The molecule has 1 aromatic carbocycles. The fraction of sp³-hybridized carbons (Fsp3) is 0.357. The molecule has 2 aliphatic rings. The summed E-state index contributed by atoms with van der Waals surface area (Å²) >= 11 is 0. The van der Waals surface area contributed by atoms with Crippen LogP contribution in [0.25, 0.3) is 0 Å². The van der Waals surface area contributed by atoms with Gasteiger partial charge in [-0.25, -0.2) is 0 Å². The quantitative estimate of drug-likeness (QED) is 0.688. The maximum atomic E-state index is 12.1. The molecule has 1 aromatic rings. The van der Waals surface area contributed by atoms with E-state index in [-0.39, 0.29) is 17.9 Å². The highest BCUT2D eigenvalue weighted by atomic mass is 16.2. The predicted molar refractivity (Wildman–Crippen MR) is 72.2 cm³/mol. The van der Waals surface area contributed by atoms with Crippen molar-refractivity contribution in [1.29, 1.82) is 0 Å². The molecule has 0 aromatic heterocycles. The molecule has 20 heavy (non-hydrogen) atoms. The van der Waals surface area contributed by atoms with Crippen LogP contribution in [-0.2, 0) is 4.79 Å². The van der Waals surface area contributed by atoms with Crippen molar-refractivity contribution < 1.29 is 14.4 Å². The van der Waals surface area contributed by atoms with Crippen LogP contribution < -0.4 is 16.4 Å². The third-order valence-electron chi connectivity index (χ3n) is 3.91. The number of fused-ring (bicyclic) bond motifs is 1. The van der Waals surface area contributed by atoms with Crippen molar-refractivity contribution in [2.75, 3.05) is 5.32 Å². The first-order valence-corrected chi connectivity index (χ1v) is 6.62. The normalized spacial score (nSPS) is 24.4. The van der Waals surface area contributed by atoms with Gasteiger partial charge in [-0.1, -0.05) is 6.42 Å². The number of hydrogen-bond acceptors (Lipinski definition) is 4. The number of rotatable bonds is 2. The topological polar surface area (TPSA) is 101 Å². The lowest BCUT2D eigenvalue weighted by Gasteiger charge is -2.15. The van der Waals surface area contributed by atoms with E-state index in [4.69, 9.17) is 5.73 Å². The highest BCUT2D eigenvalue weighted by Crippen LogP contribution is 2.26. The Morgan fingerprint density at radius 3 is 2.65 bits per heavy atom. The zero-order chi connectivity index (χ0) is 14.3. The third-order valence-corrected chi connectivity index (χ3v) is 3.91. The van der Waals surface area contributed by atoms with Crippen molar-refractivity contribution in [1.82, 2.24) is 5.32 Å². The maximum absolute atomic E-state index is 12.1. The monoisotopic (exact) mass is 273 g/mol. The Morgan fingerprint density at radius 2 is 1.95 bits per heavy atom. The molecule has 1 aliphatic heterocycles. The second kappa shape index (κ2) is 4.72. The van der Waals surface area contributed by atoms with Gasteiger partial charge in [-0.3, -0.25) is 19.7 Å². The summed E-state index contributed by atoms with van der Waals surface area (Å²) < 4.78 is 0. The molecular formula is C14H15N3O3. The number of anilines is 1. The van der Waals surface area contributed by atoms with Gasteiger partial charge in [-0.05, 0) is 31.0 Å². The summed E-state index contributed by atoms with van der Waals surface area (Å²) in [4.78, 5) is 35.1. The van der Waals surface area contributed by atoms with E-state index in [2.05, 4.69) is 10.6 Å². The fourth-order valence-electron chi connectivity index (χ4n) is 2.79. The van der Waals surface area contributed by atoms with Crippen molar-refractivity contribution in [3.8, 4) is 0 Å². The average Bonchev–Trinajstić information content (AvgIpc) is 2.95. The molecule has 4 N–H and O–H groups in total. The van der Waals surface area contributed by atoms with E-state index >= 15 is 0 Å². The molecule has 1 fully saturated rings. The number of imide groups is 1. The first kappa shape index (κ1) is 12.8. The first-order chi connectivity index (χ1) is 9.56. The Balaban J connectivity index is 1.79. The minimum absolute atomic E-state index is 0.102. The van der Waals surface area contributed by atoms with E-state index in [1.165, 1.54) is 6.07 Å². The summed E-state index contributed by atoms with van der Waals surface area (Å²) in [6, 6.07) is 4.58. The summed E-state index contributed by atoms with van der Waals surface area (Å²) in [5, 5.41) is 4.98. The van der Waals surface area contributed by atoms with Gasteiger partial charge in [-0.15, -0.1) is 0 Å². The molecule has 1 saturated carbocycles. The molecule has 0 saturated heterocycles. The molecule has 0 bridgehead atoms. The summed E-state index contributed by atoms with van der Waals surface area (Å²) in [7, 11) is 0. The number of nitrogens with one attached hydrogen (secondary N) is 2. The largest absolute Gasteiger partial charge is 0.327 e. The van der Waals surface area contributed by atoms with Gasteiger partial charge < -0.3 is 11.1 Å². The molecule has 3 rings (SSSR count). The SMILES string of the molecule is NC1CCCC1C(=O)Nc1ccc2c(c1)C(=O)NC2=O. The zero-order valence-electron chi connectivity index (χ0n) is 10.8. The van der Waals surface area contributed by atoms with Crippen molar-refractivity contribution >= 4 is 23.4 Å². The molecule has 1 aliphatic carbocycles. The molecular weight excluding hydrogens is 258 g/mol. The third kappa shape index (κ3) is 2.08. The van der Waals surface area contributed by atoms with Crippen molar-refractivity contribution in [3.05, 3.63) is 29.3 Å². The Labute approximate surface area is 115 Å². The van der Waals surface area contributed by atoms with Crippen LogP contribution in [0, 0.1) is 5.92 Å². The second-order valence-electron chi connectivity index (χ2n) is 5.23. The van der Waals surface area contributed by atoms with Crippen LogP contribution in [0.3, 0.4) is 0 Å². The molecule has 6 heteroatoms. The lowest BCUT2D eigenvalue weighted by molar-refractivity contribution is -0.120. The van der Waals surface area contributed by atoms with Crippen LogP contribution in [0.2, 0.25) is 0 Å². The lowest BCUT2D eigenvalue weighted by atomic mass is 10.0. The second-order valence-corrected chi connectivity index (χ2v) is 5.23. The molecule has 2 atom stereocenters. The molecule has 3 amide bonds. The highest BCUT2D eigenvalue weighted by Gasteiger charge is 2.31. The average molecular weight is 273 g/mol. The van der Waals surface area contributed by atoms with Crippen LogP contribution in [0.5, 0.6) is 0 Å². The van der Waals surface area contributed by atoms with Gasteiger partial charge in [-0.2, -0.15) is 0 Å².